The number of nitrogens with one attached hydrogen (secondary N) is 1. The number of aliphatic hydroxyl groups excluding tert-OH is 1. The molecule has 0 bridgehead atoms. The van der Waals surface area contributed by atoms with Gasteiger partial charge in [-0.3, -0.25) is 0 Å². The fourth-order valence-electron chi connectivity index (χ4n) is 2.73. The summed E-state index contributed by atoms with van der Waals surface area (Å²) < 4.78 is 0. The third-order valence-electron chi connectivity index (χ3n) is 3.62. The van der Waals surface area contributed by atoms with Crippen LogP contribution >= 0.6 is 11.3 Å². The topological polar surface area (TPSA) is 32.3 Å². The largest absolute Gasteiger partial charge is 0.386 e. The molecule has 1 aromatic carbocycles. The Morgan fingerprint density at radius 1 is 1.33 bits per heavy atom. The lowest BCUT2D eigenvalue weighted by molar-refractivity contribution is 0.133. The van der Waals surface area contributed by atoms with Gasteiger partial charge in [0.15, 0.2) is 0 Å². The molecule has 0 radical (unpaired) electrons. The van der Waals surface area contributed by atoms with Gasteiger partial charge in [-0.25, -0.2) is 0 Å². The summed E-state index contributed by atoms with van der Waals surface area (Å²) in [6.45, 7) is 5.01. The van der Waals surface area contributed by atoms with Gasteiger partial charge in [-0.15, -0.1) is 11.3 Å². The van der Waals surface area contributed by atoms with E-state index in [4.69, 9.17) is 0 Å². The van der Waals surface area contributed by atoms with Gasteiger partial charge in [0, 0.05) is 16.3 Å². The van der Waals surface area contributed by atoms with E-state index in [1.165, 1.54) is 20.9 Å². The van der Waals surface area contributed by atoms with Crippen LogP contribution in [0.4, 0.5) is 0 Å². The molecule has 2 N–H and O–H groups in total. The number of aryl methyl sites for hydroxylation is 2. The van der Waals surface area contributed by atoms with Crippen molar-refractivity contribution in [2.75, 3.05) is 0 Å². The van der Waals surface area contributed by atoms with Gasteiger partial charge in [-0.05, 0) is 36.6 Å². The highest BCUT2D eigenvalue weighted by atomic mass is 32.1. The minimum atomic E-state index is -0.460. The van der Waals surface area contributed by atoms with Crippen molar-refractivity contribution in [3.63, 3.8) is 0 Å². The second kappa shape index (κ2) is 4.50. The molecular formula is C15H17NOS. The summed E-state index contributed by atoms with van der Waals surface area (Å²) in [6, 6.07) is 10.5. The van der Waals surface area contributed by atoms with Crippen molar-refractivity contribution in [3.05, 3.63) is 56.8 Å². The van der Waals surface area contributed by atoms with Crippen LogP contribution in [0.25, 0.3) is 0 Å². The summed E-state index contributed by atoms with van der Waals surface area (Å²) in [6.07, 6.45) is -0.460. The van der Waals surface area contributed by atoms with Crippen LogP contribution in [0.3, 0.4) is 0 Å². The zero-order valence-electron chi connectivity index (χ0n) is 10.6. The molecule has 1 aromatic heterocycles. The Morgan fingerprint density at radius 2 is 2.11 bits per heavy atom. The third kappa shape index (κ3) is 1.88. The van der Waals surface area contributed by atoms with Crippen molar-refractivity contribution in [1.29, 1.82) is 0 Å². The van der Waals surface area contributed by atoms with Gasteiger partial charge in [-0.2, -0.15) is 0 Å². The summed E-state index contributed by atoms with van der Waals surface area (Å²) in [5, 5.41) is 14.0. The zero-order chi connectivity index (χ0) is 12.7. The van der Waals surface area contributed by atoms with Crippen LogP contribution in [-0.2, 0) is 6.54 Å². The van der Waals surface area contributed by atoms with E-state index in [2.05, 4.69) is 43.4 Å². The summed E-state index contributed by atoms with van der Waals surface area (Å²) in [4.78, 5) is 2.47. The highest BCUT2D eigenvalue weighted by Gasteiger charge is 2.30. The first kappa shape index (κ1) is 11.9. The number of thiophene rings is 1. The molecule has 0 amide bonds. The molecule has 18 heavy (non-hydrogen) atoms. The minimum Gasteiger partial charge on any atom is -0.386 e. The molecule has 2 aromatic rings. The number of benzene rings is 1. The lowest BCUT2D eigenvalue weighted by atomic mass is 9.96. The van der Waals surface area contributed by atoms with E-state index in [1.54, 1.807) is 11.3 Å². The Kier molecular flexibility index (Phi) is 2.98. The van der Waals surface area contributed by atoms with Crippen LogP contribution in [0.5, 0.6) is 0 Å². The maximum absolute atomic E-state index is 10.6. The number of aliphatic hydroxyl groups is 1. The van der Waals surface area contributed by atoms with Crippen molar-refractivity contribution in [2.45, 2.75) is 32.5 Å². The van der Waals surface area contributed by atoms with E-state index in [0.29, 0.717) is 0 Å². The second-order valence-electron chi connectivity index (χ2n) is 4.87. The number of rotatable bonds is 2. The Balaban J connectivity index is 1.95. The molecule has 0 saturated carbocycles. The van der Waals surface area contributed by atoms with Gasteiger partial charge < -0.3 is 10.4 Å². The lowest BCUT2D eigenvalue weighted by Crippen LogP contribution is -2.20. The molecule has 1 aliphatic heterocycles. The van der Waals surface area contributed by atoms with E-state index >= 15 is 0 Å². The van der Waals surface area contributed by atoms with Gasteiger partial charge >= 0.3 is 0 Å². The number of fused-ring (bicyclic) bond motifs is 1. The van der Waals surface area contributed by atoms with Crippen molar-refractivity contribution in [2.24, 2.45) is 0 Å². The molecule has 2 heterocycles. The van der Waals surface area contributed by atoms with Gasteiger partial charge in [0.1, 0.15) is 0 Å². The molecule has 0 saturated heterocycles. The summed E-state index contributed by atoms with van der Waals surface area (Å²) in [5.41, 5.74) is 3.59. The van der Waals surface area contributed by atoms with Crippen molar-refractivity contribution in [3.8, 4) is 0 Å². The van der Waals surface area contributed by atoms with Gasteiger partial charge in [-0.1, -0.05) is 24.3 Å². The quantitative estimate of drug-likeness (QED) is 0.867. The highest BCUT2D eigenvalue weighted by molar-refractivity contribution is 7.12. The molecule has 94 valence electrons. The van der Waals surface area contributed by atoms with Gasteiger partial charge in [0.05, 0.1) is 12.1 Å². The van der Waals surface area contributed by atoms with Crippen molar-refractivity contribution in [1.82, 2.24) is 5.32 Å². The first-order valence-corrected chi connectivity index (χ1v) is 7.04. The fraction of sp³-hybridized carbons (Fsp3) is 0.333. The van der Waals surface area contributed by atoms with E-state index in [0.717, 1.165) is 12.1 Å². The van der Waals surface area contributed by atoms with E-state index < -0.39 is 6.10 Å². The molecule has 2 atom stereocenters. The highest BCUT2D eigenvalue weighted by Crippen LogP contribution is 2.38. The van der Waals surface area contributed by atoms with Crippen molar-refractivity contribution >= 4 is 11.3 Å². The Labute approximate surface area is 111 Å². The number of hydrogen-bond donors (Lipinski definition) is 2. The minimum absolute atomic E-state index is 0.0221. The second-order valence-corrected chi connectivity index (χ2v) is 6.33. The first-order chi connectivity index (χ1) is 8.66. The predicted octanol–water partition coefficient (Wildman–Crippen LogP) is 3.24. The van der Waals surface area contributed by atoms with Crippen LogP contribution in [0.1, 0.15) is 38.6 Å². The molecule has 2 nitrogen and oxygen atoms in total. The van der Waals surface area contributed by atoms with E-state index in [-0.39, 0.29) is 6.04 Å². The lowest BCUT2D eigenvalue weighted by Gasteiger charge is -2.19. The van der Waals surface area contributed by atoms with E-state index in [9.17, 15) is 5.11 Å². The van der Waals surface area contributed by atoms with Crippen LogP contribution in [0.2, 0.25) is 0 Å². The average Bonchev–Trinajstić information content (AvgIpc) is 2.92. The molecule has 0 spiro atoms. The van der Waals surface area contributed by atoms with Crippen LogP contribution in [0.15, 0.2) is 30.3 Å². The maximum atomic E-state index is 10.6. The van der Waals surface area contributed by atoms with Crippen LogP contribution < -0.4 is 5.32 Å². The Hall–Kier alpha value is -1.16. The average molecular weight is 259 g/mol. The Bertz CT molecular complexity index is 576. The van der Waals surface area contributed by atoms with Crippen LogP contribution in [0, 0.1) is 13.8 Å². The van der Waals surface area contributed by atoms with Crippen molar-refractivity contribution < 1.29 is 5.11 Å². The first-order valence-electron chi connectivity index (χ1n) is 6.23. The summed E-state index contributed by atoms with van der Waals surface area (Å²) in [5.74, 6) is 0. The summed E-state index contributed by atoms with van der Waals surface area (Å²) in [7, 11) is 0. The monoisotopic (exact) mass is 259 g/mol. The number of hydrogen-bond acceptors (Lipinski definition) is 3. The molecule has 1 aliphatic rings. The Morgan fingerprint density at radius 3 is 2.83 bits per heavy atom. The normalized spacial score (nSPS) is 19.8. The molecule has 3 rings (SSSR count). The third-order valence-corrected chi connectivity index (χ3v) is 4.60. The van der Waals surface area contributed by atoms with E-state index in [1.807, 2.05) is 6.07 Å². The zero-order valence-corrected chi connectivity index (χ0v) is 11.4. The summed E-state index contributed by atoms with van der Waals surface area (Å²) >= 11 is 1.75. The smallest absolute Gasteiger partial charge is 0.0995 e. The van der Waals surface area contributed by atoms with Crippen LogP contribution in [-0.4, -0.2) is 5.11 Å². The molecule has 0 fully saturated rings. The SMILES string of the molecule is Cc1cc(C(O)C2NCc3ccccc32)c(C)s1. The van der Waals surface area contributed by atoms with Gasteiger partial charge in [0.2, 0.25) is 0 Å². The molecule has 0 aliphatic carbocycles. The molecule has 3 heteroatoms. The molecular weight excluding hydrogens is 242 g/mol. The fourth-order valence-corrected chi connectivity index (χ4v) is 3.70. The molecule has 2 unspecified atom stereocenters. The standard InChI is InChI=1S/C15H17NOS/c1-9-7-13(10(2)18-9)15(17)14-12-6-4-3-5-11(12)8-16-14/h3-7,14-17H,8H2,1-2H3. The predicted molar refractivity (Wildman–Crippen MR) is 74.8 cm³/mol. The van der Waals surface area contributed by atoms with Gasteiger partial charge in [0.25, 0.3) is 0 Å². The maximum Gasteiger partial charge on any atom is 0.0995 e.